The SMILES string of the molecule is CSc1ccc(C(C)NCc2ccc(C(F)F)cc2)cc1. The normalized spacial score (nSPS) is 12.6. The summed E-state index contributed by atoms with van der Waals surface area (Å²) >= 11 is 1.72. The van der Waals surface area contributed by atoms with Crippen molar-refractivity contribution < 1.29 is 8.78 Å². The molecule has 1 N–H and O–H groups in total. The Morgan fingerprint density at radius 2 is 1.52 bits per heavy atom. The average Bonchev–Trinajstić information content (AvgIpc) is 2.53. The molecule has 0 amide bonds. The van der Waals surface area contributed by atoms with Crippen LogP contribution in [0.2, 0.25) is 0 Å². The van der Waals surface area contributed by atoms with E-state index in [1.54, 1.807) is 23.9 Å². The maximum atomic E-state index is 12.5. The first-order chi connectivity index (χ1) is 10.1. The van der Waals surface area contributed by atoms with Crippen molar-refractivity contribution >= 4 is 11.8 Å². The lowest BCUT2D eigenvalue weighted by atomic mass is 10.1. The van der Waals surface area contributed by atoms with E-state index in [0.29, 0.717) is 6.54 Å². The van der Waals surface area contributed by atoms with Crippen molar-refractivity contribution in [1.82, 2.24) is 5.32 Å². The van der Waals surface area contributed by atoms with Crippen molar-refractivity contribution in [2.24, 2.45) is 0 Å². The van der Waals surface area contributed by atoms with Crippen LogP contribution in [-0.2, 0) is 6.54 Å². The Morgan fingerprint density at radius 3 is 2.05 bits per heavy atom. The first kappa shape index (κ1) is 16.0. The molecule has 112 valence electrons. The number of hydrogen-bond acceptors (Lipinski definition) is 2. The minimum Gasteiger partial charge on any atom is -0.306 e. The molecule has 2 rings (SSSR count). The van der Waals surface area contributed by atoms with Crippen LogP contribution in [0, 0.1) is 0 Å². The minimum atomic E-state index is -2.40. The second-order valence-corrected chi connectivity index (χ2v) is 5.80. The fourth-order valence-electron chi connectivity index (χ4n) is 2.06. The molecule has 0 aliphatic rings. The van der Waals surface area contributed by atoms with Gasteiger partial charge in [-0.3, -0.25) is 0 Å². The van der Waals surface area contributed by atoms with E-state index in [9.17, 15) is 8.78 Å². The Kier molecular flexibility index (Phi) is 5.76. The van der Waals surface area contributed by atoms with Crippen molar-refractivity contribution in [3.8, 4) is 0 Å². The Bertz CT molecular complexity index is 552. The van der Waals surface area contributed by atoms with Gasteiger partial charge in [0, 0.05) is 23.0 Å². The lowest BCUT2D eigenvalue weighted by molar-refractivity contribution is 0.151. The number of hydrogen-bond donors (Lipinski definition) is 1. The predicted molar refractivity (Wildman–Crippen MR) is 84.9 cm³/mol. The second-order valence-electron chi connectivity index (χ2n) is 4.92. The molecule has 0 fully saturated rings. The van der Waals surface area contributed by atoms with Gasteiger partial charge in [-0.15, -0.1) is 11.8 Å². The van der Waals surface area contributed by atoms with Gasteiger partial charge < -0.3 is 5.32 Å². The fraction of sp³-hybridized carbons (Fsp3) is 0.294. The summed E-state index contributed by atoms with van der Waals surface area (Å²) in [5.74, 6) is 0. The van der Waals surface area contributed by atoms with Crippen LogP contribution in [0.25, 0.3) is 0 Å². The Balaban J connectivity index is 1.92. The summed E-state index contributed by atoms with van der Waals surface area (Å²) in [6.45, 7) is 2.76. The number of nitrogens with one attached hydrogen (secondary N) is 1. The molecule has 4 heteroatoms. The number of thioether (sulfide) groups is 1. The Hall–Kier alpha value is -1.39. The van der Waals surface area contributed by atoms with Crippen molar-refractivity contribution in [3.63, 3.8) is 0 Å². The third-order valence-electron chi connectivity index (χ3n) is 3.46. The van der Waals surface area contributed by atoms with Gasteiger partial charge in [0.1, 0.15) is 0 Å². The summed E-state index contributed by atoms with van der Waals surface area (Å²) in [4.78, 5) is 1.24. The van der Waals surface area contributed by atoms with Crippen LogP contribution in [0.5, 0.6) is 0 Å². The van der Waals surface area contributed by atoms with E-state index in [1.165, 1.54) is 22.6 Å². The van der Waals surface area contributed by atoms with Gasteiger partial charge in [0.2, 0.25) is 0 Å². The summed E-state index contributed by atoms with van der Waals surface area (Å²) in [6.07, 6.45) is -0.347. The van der Waals surface area contributed by atoms with E-state index in [2.05, 4.69) is 42.8 Å². The zero-order valence-electron chi connectivity index (χ0n) is 12.1. The second kappa shape index (κ2) is 7.57. The highest BCUT2D eigenvalue weighted by Crippen LogP contribution is 2.20. The number of alkyl halides is 2. The molecule has 2 aromatic rings. The van der Waals surface area contributed by atoms with Gasteiger partial charge in [-0.05, 0) is 36.4 Å². The van der Waals surface area contributed by atoms with E-state index in [1.807, 2.05) is 0 Å². The molecule has 0 aromatic heterocycles. The van der Waals surface area contributed by atoms with E-state index < -0.39 is 6.43 Å². The molecule has 1 atom stereocenters. The van der Waals surface area contributed by atoms with E-state index in [0.717, 1.165) is 5.56 Å². The van der Waals surface area contributed by atoms with Gasteiger partial charge in [0.15, 0.2) is 0 Å². The highest BCUT2D eigenvalue weighted by Gasteiger charge is 2.07. The third-order valence-corrected chi connectivity index (χ3v) is 4.20. The predicted octanol–water partition coefficient (Wildman–Crippen LogP) is 5.20. The van der Waals surface area contributed by atoms with E-state index in [-0.39, 0.29) is 11.6 Å². The molecule has 0 saturated carbocycles. The minimum absolute atomic E-state index is 0.0689. The first-order valence-electron chi connectivity index (χ1n) is 6.84. The smallest absolute Gasteiger partial charge is 0.263 e. The summed E-state index contributed by atoms with van der Waals surface area (Å²) in [6, 6.07) is 15.1. The van der Waals surface area contributed by atoms with Crippen molar-refractivity contribution in [2.75, 3.05) is 6.26 Å². The van der Waals surface area contributed by atoms with Gasteiger partial charge in [0.05, 0.1) is 0 Å². The average molecular weight is 307 g/mol. The van der Waals surface area contributed by atoms with Gasteiger partial charge in [-0.25, -0.2) is 8.78 Å². The topological polar surface area (TPSA) is 12.0 Å². The largest absolute Gasteiger partial charge is 0.306 e. The van der Waals surface area contributed by atoms with Crippen LogP contribution in [0.3, 0.4) is 0 Å². The summed E-state index contributed by atoms with van der Waals surface area (Å²) < 4.78 is 25.0. The Labute approximate surface area is 128 Å². The highest BCUT2D eigenvalue weighted by molar-refractivity contribution is 7.98. The molecule has 0 aliphatic heterocycles. The molecule has 2 aromatic carbocycles. The molecule has 0 radical (unpaired) electrons. The molecule has 1 nitrogen and oxygen atoms in total. The summed E-state index contributed by atoms with van der Waals surface area (Å²) in [7, 11) is 0. The maximum absolute atomic E-state index is 12.5. The van der Waals surface area contributed by atoms with E-state index >= 15 is 0 Å². The fourth-order valence-corrected chi connectivity index (χ4v) is 2.47. The molecule has 0 saturated heterocycles. The zero-order chi connectivity index (χ0) is 15.2. The van der Waals surface area contributed by atoms with Gasteiger partial charge >= 0.3 is 0 Å². The number of benzene rings is 2. The van der Waals surface area contributed by atoms with Gasteiger partial charge in [-0.1, -0.05) is 36.4 Å². The molecule has 0 heterocycles. The lowest BCUT2D eigenvalue weighted by Crippen LogP contribution is -2.18. The molecule has 0 spiro atoms. The quantitative estimate of drug-likeness (QED) is 0.736. The molecular weight excluding hydrogens is 288 g/mol. The maximum Gasteiger partial charge on any atom is 0.263 e. The zero-order valence-corrected chi connectivity index (χ0v) is 13.0. The van der Waals surface area contributed by atoms with Crippen LogP contribution < -0.4 is 5.32 Å². The monoisotopic (exact) mass is 307 g/mol. The van der Waals surface area contributed by atoms with Crippen LogP contribution in [0.4, 0.5) is 8.78 Å². The molecular formula is C17H19F2NS. The van der Waals surface area contributed by atoms with Crippen molar-refractivity contribution in [3.05, 3.63) is 65.2 Å². The van der Waals surface area contributed by atoms with Crippen molar-refractivity contribution in [1.29, 1.82) is 0 Å². The van der Waals surface area contributed by atoms with Crippen molar-refractivity contribution in [2.45, 2.75) is 30.8 Å². The number of rotatable bonds is 6. The molecule has 1 unspecified atom stereocenters. The van der Waals surface area contributed by atoms with E-state index in [4.69, 9.17) is 0 Å². The van der Waals surface area contributed by atoms with Crippen LogP contribution in [0.15, 0.2) is 53.4 Å². The van der Waals surface area contributed by atoms with Gasteiger partial charge in [-0.2, -0.15) is 0 Å². The third kappa shape index (κ3) is 4.55. The van der Waals surface area contributed by atoms with Crippen LogP contribution in [-0.4, -0.2) is 6.26 Å². The Morgan fingerprint density at radius 1 is 0.952 bits per heavy atom. The lowest BCUT2D eigenvalue weighted by Gasteiger charge is -2.15. The molecule has 0 aliphatic carbocycles. The van der Waals surface area contributed by atoms with Gasteiger partial charge in [0.25, 0.3) is 6.43 Å². The number of halogens is 2. The van der Waals surface area contributed by atoms with Crippen LogP contribution in [0.1, 0.15) is 36.1 Å². The highest BCUT2D eigenvalue weighted by atomic mass is 32.2. The summed E-state index contributed by atoms with van der Waals surface area (Å²) in [5, 5.41) is 3.41. The molecule has 21 heavy (non-hydrogen) atoms. The standard InChI is InChI=1S/C17H19F2NS/c1-12(14-7-9-16(21-2)10-8-14)20-11-13-3-5-15(6-4-13)17(18)19/h3-10,12,17,20H,11H2,1-2H3. The summed E-state index contributed by atoms with van der Waals surface area (Å²) in [5.41, 5.74) is 2.29. The van der Waals surface area contributed by atoms with Crippen LogP contribution >= 0.6 is 11.8 Å². The first-order valence-corrected chi connectivity index (χ1v) is 8.07. The molecule has 0 bridgehead atoms.